The van der Waals surface area contributed by atoms with Crippen LogP contribution in [0.2, 0.25) is 0 Å². The van der Waals surface area contributed by atoms with E-state index in [2.05, 4.69) is 6.58 Å². The maximum Gasteiger partial charge on any atom is 0.330 e. The lowest BCUT2D eigenvalue weighted by atomic mass is 10.4. The molecule has 0 aromatic heterocycles. The minimum Gasteiger partial charge on any atom is -0.478 e. The first-order chi connectivity index (χ1) is 2.64. The summed E-state index contributed by atoms with van der Waals surface area (Å²) in [4.78, 5) is 9.60. The smallest absolute Gasteiger partial charge is 0.330 e. The van der Waals surface area contributed by atoms with E-state index in [1.165, 1.54) is 6.92 Å². The van der Waals surface area contributed by atoms with Gasteiger partial charge < -0.3 is 5.11 Å². The van der Waals surface area contributed by atoms with Gasteiger partial charge in [0.1, 0.15) is 0 Å². The van der Waals surface area contributed by atoms with Crippen LogP contribution in [0.15, 0.2) is 12.2 Å². The number of hydrogen-bond donors (Lipinski definition) is 1. The Bertz CT molecular complexity index is 72.5. The third-order valence-corrected chi connectivity index (χ3v) is 0.365. The molecule has 0 saturated carbocycles. The lowest BCUT2D eigenvalue weighted by molar-refractivity contribution is -0.132. The standard InChI is InChI=1S/C4H6O2.2CH4/c1-3(2)4(5)6;;/h1H2,2H3,(H,5,6);2*1H4. The fourth-order valence-electron chi connectivity index (χ4n) is 0. The Kier molecular flexibility index (Phi) is 12.2. The molecule has 2 nitrogen and oxygen atoms in total. The van der Waals surface area contributed by atoms with Gasteiger partial charge in [-0.15, -0.1) is 0 Å². The molecule has 0 radical (unpaired) electrons. The normalized spacial score (nSPS) is 5.62. The molecule has 0 rings (SSSR count). The van der Waals surface area contributed by atoms with Crippen LogP contribution in [0.5, 0.6) is 0 Å². The number of rotatable bonds is 1. The van der Waals surface area contributed by atoms with Crippen molar-refractivity contribution in [2.75, 3.05) is 0 Å². The Morgan fingerprint density at radius 2 is 1.62 bits per heavy atom. The van der Waals surface area contributed by atoms with Crippen molar-refractivity contribution >= 4 is 5.97 Å². The van der Waals surface area contributed by atoms with Gasteiger partial charge in [0.05, 0.1) is 0 Å². The summed E-state index contributed by atoms with van der Waals surface area (Å²) in [6, 6.07) is 0. The van der Waals surface area contributed by atoms with Gasteiger partial charge in [-0.2, -0.15) is 0 Å². The van der Waals surface area contributed by atoms with E-state index < -0.39 is 5.97 Å². The summed E-state index contributed by atoms with van der Waals surface area (Å²) in [5, 5.41) is 7.89. The summed E-state index contributed by atoms with van der Waals surface area (Å²) in [6.45, 7) is 4.60. The molecule has 0 unspecified atom stereocenters. The maximum atomic E-state index is 9.60. The van der Waals surface area contributed by atoms with Gasteiger partial charge in [0, 0.05) is 5.57 Å². The Morgan fingerprint density at radius 1 is 1.50 bits per heavy atom. The van der Waals surface area contributed by atoms with E-state index in [9.17, 15) is 4.79 Å². The van der Waals surface area contributed by atoms with Crippen LogP contribution in [0, 0.1) is 0 Å². The lowest BCUT2D eigenvalue weighted by Gasteiger charge is -1.79. The quantitative estimate of drug-likeness (QED) is 0.534. The van der Waals surface area contributed by atoms with Crippen LogP contribution < -0.4 is 0 Å². The average Bonchev–Trinajstić information content (AvgIpc) is 1.36. The third-order valence-electron chi connectivity index (χ3n) is 0.365. The van der Waals surface area contributed by atoms with Crippen molar-refractivity contribution in [2.24, 2.45) is 0 Å². The minimum atomic E-state index is -0.935. The molecule has 0 heterocycles. The van der Waals surface area contributed by atoms with E-state index >= 15 is 0 Å². The van der Waals surface area contributed by atoms with Gasteiger partial charge in [-0.3, -0.25) is 0 Å². The van der Waals surface area contributed by atoms with Crippen molar-refractivity contribution in [1.82, 2.24) is 0 Å². The van der Waals surface area contributed by atoms with Crippen LogP contribution in [-0.4, -0.2) is 11.1 Å². The minimum absolute atomic E-state index is 0. The molecule has 0 bridgehead atoms. The lowest BCUT2D eigenvalue weighted by Crippen LogP contribution is -1.92. The van der Waals surface area contributed by atoms with E-state index in [-0.39, 0.29) is 20.4 Å². The molecule has 0 aromatic carbocycles. The molecule has 0 fully saturated rings. The van der Waals surface area contributed by atoms with Crippen molar-refractivity contribution in [3.05, 3.63) is 12.2 Å². The highest BCUT2D eigenvalue weighted by atomic mass is 16.4. The molecule has 0 aliphatic heterocycles. The fraction of sp³-hybridized carbons (Fsp3) is 0.500. The highest BCUT2D eigenvalue weighted by Gasteiger charge is 1.90. The first-order valence-corrected chi connectivity index (χ1v) is 1.53. The van der Waals surface area contributed by atoms with Crippen LogP contribution in [0.4, 0.5) is 0 Å². The molecule has 2 heteroatoms. The van der Waals surface area contributed by atoms with Gasteiger partial charge in [0.15, 0.2) is 0 Å². The van der Waals surface area contributed by atoms with Crippen LogP contribution >= 0.6 is 0 Å². The molecule has 0 aromatic rings. The zero-order valence-electron chi connectivity index (χ0n) is 3.56. The van der Waals surface area contributed by atoms with Gasteiger partial charge in [-0.1, -0.05) is 21.4 Å². The van der Waals surface area contributed by atoms with Crippen molar-refractivity contribution in [2.45, 2.75) is 21.8 Å². The van der Waals surface area contributed by atoms with E-state index in [4.69, 9.17) is 5.11 Å². The van der Waals surface area contributed by atoms with Gasteiger partial charge in [-0.25, -0.2) is 4.79 Å². The number of carboxylic acids is 1. The second-order valence-electron chi connectivity index (χ2n) is 1.09. The molecular weight excluding hydrogens is 104 g/mol. The Balaban J connectivity index is -0.000000125. The van der Waals surface area contributed by atoms with Crippen molar-refractivity contribution < 1.29 is 9.90 Å². The predicted octanol–water partition coefficient (Wildman–Crippen LogP) is 1.92. The zero-order chi connectivity index (χ0) is 5.15. The van der Waals surface area contributed by atoms with Crippen LogP contribution in [0.25, 0.3) is 0 Å². The van der Waals surface area contributed by atoms with E-state index in [1.807, 2.05) is 0 Å². The fourth-order valence-corrected chi connectivity index (χ4v) is 0. The number of aliphatic carboxylic acids is 1. The zero-order valence-corrected chi connectivity index (χ0v) is 3.56. The number of carbonyl (C=O) groups is 1. The van der Waals surface area contributed by atoms with Gasteiger partial charge >= 0.3 is 5.97 Å². The largest absolute Gasteiger partial charge is 0.478 e. The Morgan fingerprint density at radius 3 is 1.62 bits per heavy atom. The van der Waals surface area contributed by atoms with Gasteiger partial charge in [0.25, 0.3) is 0 Å². The summed E-state index contributed by atoms with van der Waals surface area (Å²) in [5.74, 6) is -0.935. The summed E-state index contributed by atoms with van der Waals surface area (Å²) < 4.78 is 0. The maximum absolute atomic E-state index is 9.60. The van der Waals surface area contributed by atoms with Crippen molar-refractivity contribution in [1.29, 1.82) is 0 Å². The van der Waals surface area contributed by atoms with Crippen molar-refractivity contribution in [3.63, 3.8) is 0 Å². The molecule has 0 aliphatic carbocycles. The SMILES string of the molecule is C.C.C=C(C)C(=O)O. The van der Waals surface area contributed by atoms with Crippen LogP contribution in [-0.2, 0) is 4.79 Å². The van der Waals surface area contributed by atoms with Gasteiger partial charge in [0.2, 0.25) is 0 Å². The molecule has 1 N–H and O–H groups in total. The highest BCUT2D eigenvalue weighted by molar-refractivity contribution is 5.84. The number of hydrogen-bond acceptors (Lipinski definition) is 1. The Labute approximate surface area is 50.8 Å². The first-order valence-electron chi connectivity index (χ1n) is 1.53. The summed E-state index contributed by atoms with van der Waals surface area (Å²) in [5.41, 5.74) is 0.176. The molecule has 0 aliphatic rings. The van der Waals surface area contributed by atoms with E-state index in [1.54, 1.807) is 0 Å². The highest BCUT2D eigenvalue weighted by Crippen LogP contribution is 1.81. The Hall–Kier alpha value is -0.790. The topological polar surface area (TPSA) is 37.3 Å². The average molecular weight is 118 g/mol. The molecule has 0 amide bonds. The first kappa shape index (κ1) is 15.7. The molecule has 0 spiro atoms. The monoisotopic (exact) mass is 118 g/mol. The summed E-state index contributed by atoms with van der Waals surface area (Å²) in [6.07, 6.45) is 0. The van der Waals surface area contributed by atoms with Crippen LogP contribution in [0.3, 0.4) is 0 Å². The van der Waals surface area contributed by atoms with Crippen LogP contribution in [0.1, 0.15) is 21.8 Å². The predicted molar refractivity (Wildman–Crippen MR) is 35.9 cm³/mol. The third kappa shape index (κ3) is 8.96. The molecule has 0 atom stereocenters. The number of carboxylic acid groups (broad SMARTS) is 1. The molecule has 8 heavy (non-hydrogen) atoms. The van der Waals surface area contributed by atoms with Gasteiger partial charge in [-0.05, 0) is 6.92 Å². The second-order valence-corrected chi connectivity index (χ2v) is 1.09. The van der Waals surface area contributed by atoms with Crippen molar-refractivity contribution in [3.8, 4) is 0 Å². The molecule has 0 saturated heterocycles. The molecular formula is C6H14O2. The van der Waals surface area contributed by atoms with E-state index in [0.29, 0.717) is 0 Å². The second kappa shape index (κ2) is 6.21. The molecule has 50 valence electrons. The summed E-state index contributed by atoms with van der Waals surface area (Å²) >= 11 is 0. The summed E-state index contributed by atoms with van der Waals surface area (Å²) in [7, 11) is 0. The van der Waals surface area contributed by atoms with E-state index in [0.717, 1.165) is 0 Å².